The van der Waals surface area contributed by atoms with Gasteiger partial charge in [0, 0.05) is 28.8 Å². The fourth-order valence-corrected chi connectivity index (χ4v) is 3.98. The predicted octanol–water partition coefficient (Wildman–Crippen LogP) is 5.34. The lowest BCUT2D eigenvalue weighted by molar-refractivity contribution is 0.0791. The molecule has 0 saturated carbocycles. The van der Waals surface area contributed by atoms with Crippen molar-refractivity contribution in [3.05, 3.63) is 57.4 Å². The van der Waals surface area contributed by atoms with Gasteiger partial charge in [0.1, 0.15) is 5.75 Å². The molecule has 0 atom stereocenters. The molecular weight excluding hydrogens is 379 g/mol. The highest BCUT2D eigenvalue weighted by molar-refractivity contribution is 7.20. The Bertz CT molecular complexity index is 922. The van der Waals surface area contributed by atoms with Crippen LogP contribution < -0.4 is 9.75 Å². The van der Waals surface area contributed by atoms with Crippen LogP contribution in [0.25, 0.3) is 10.1 Å². The summed E-state index contributed by atoms with van der Waals surface area (Å²) in [6, 6.07) is 12.8. The van der Waals surface area contributed by atoms with Crippen LogP contribution in [0.3, 0.4) is 0 Å². The van der Waals surface area contributed by atoms with Crippen molar-refractivity contribution in [2.75, 3.05) is 26.2 Å². The zero-order valence-electron chi connectivity index (χ0n) is 13.9. The van der Waals surface area contributed by atoms with E-state index >= 15 is 0 Å². The van der Waals surface area contributed by atoms with Crippen molar-refractivity contribution in [2.24, 2.45) is 0 Å². The molecule has 3 rings (SSSR count). The highest BCUT2D eigenvalue weighted by Gasteiger charge is 2.19. The average molecular weight is 395 g/mol. The number of rotatable bonds is 4. The maximum atomic E-state index is 12.9. The molecule has 3 aromatic rings. The Labute approximate surface area is 160 Å². The Balaban J connectivity index is 1.88. The summed E-state index contributed by atoms with van der Waals surface area (Å²) in [4.78, 5) is 13.5. The minimum Gasteiger partial charge on any atom is -0.497 e. The number of amides is 1. The van der Waals surface area contributed by atoms with Crippen LogP contribution in [0.2, 0.25) is 10.0 Å². The number of nitrogens with zero attached hydrogens (tertiary/aromatic N) is 2. The lowest BCUT2D eigenvalue weighted by Gasteiger charge is -2.30. The first kappa shape index (κ1) is 17.9. The minimum absolute atomic E-state index is 0.112. The molecule has 25 heavy (non-hydrogen) atoms. The van der Waals surface area contributed by atoms with Crippen LogP contribution in [0.15, 0.2) is 42.5 Å². The van der Waals surface area contributed by atoms with Crippen molar-refractivity contribution in [3.8, 4) is 5.75 Å². The van der Waals surface area contributed by atoms with Gasteiger partial charge in [-0.05, 0) is 47.9 Å². The van der Waals surface area contributed by atoms with Crippen LogP contribution in [-0.4, -0.2) is 32.1 Å². The number of carbonyl (C=O) groups excluding carboxylic acids is 1. The van der Waals surface area contributed by atoms with Gasteiger partial charge in [-0.1, -0.05) is 23.2 Å². The summed E-state index contributed by atoms with van der Waals surface area (Å²) < 4.78 is 6.27. The highest BCUT2D eigenvalue weighted by atomic mass is 35.5. The van der Waals surface area contributed by atoms with Crippen LogP contribution in [-0.2, 0) is 0 Å². The van der Waals surface area contributed by atoms with E-state index in [2.05, 4.69) is 0 Å². The van der Waals surface area contributed by atoms with Crippen LogP contribution in [0, 0.1) is 0 Å². The maximum Gasteiger partial charge on any atom is 0.282 e. The quantitative estimate of drug-likeness (QED) is 0.559. The van der Waals surface area contributed by atoms with Gasteiger partial charge in [-0.3, -0.25) is 14.8 Å². The zero-order chi connectivity index (χ0) is 18.1. The molecule has 1 heterocycles. The van der Waals surface area contributed by atoms with Crippen molar-refractivity contribution in [1.29, 1.82) is 0 Å². The molecule has 0 unspecified atom stereocenters. The van der Waals surface area contributed by atoms with E-state index in [-0.39, 0.29) is 5.91 Å². The highest BCUT2D eigenvalue weighted by Crippen LogP contribution is 2.31. The van der Waals surface area contributed by atoms with E-state index in [1.165, 1.54) is 16.3 Å². The van der Waals surface area contributed by atoms with E-state index < -0.39 is 0 Å². The third-order valence-corrected chi connectivity index (χ3v) is 5.44. The van der Waals surface area contributed by atoms with Gasteiger partial charge < -0.3 is 4.74 Å². The molecule has 0 N–H and O–H groups in total. The molecule has 7 heteroatoms. The fraction of sp³-hybridized carbons (Fsp3) is 0.167. The first-order chi connectivity index (χ1) is 11.9. The van der Waals surface area contributed by atoms with Crippen molar-refractivity contribution < 1.29 is 9.53 Å². The van der Waals surface area contributed by atoms with Crippen LogP contribution in [0.5, 0.6) is 5.75 Å². The van der Waals surface area contributed by atoms with E-state index in [0.717, 1.165) is 21.5 Å². The molecule has 0 aliphatic heterocycles. The Hall–Kier alpha value is -1.95. The van der Waals surface area contributed by atoms with Crippen molar-refractivity contribution in [3.63, 3.8) is 0 Å². The van der Waals surface area contributed by atoms with Crippen molar-refractivity contribution in [2.45, 2.75) is 0 Å². The SMILES string of the molecule is COc1ccc2sc(C(=O)N(C)N(C)c3cc(Cl)cc(Cl)c3)cc2c1. The molecule has 0 spiro atoms. The summed E-state index contributed by atoms with van der Waals surface area (Å²) in [5.41, 5.74) is 0.733. The molecule has 1 amide bonds. The molecule has 4 nitrogen and oxygen atoms in total. The second-order valence-corrected chi connectivity index (χ2v) is 7.45. The third kappa shape index (κ3) is 3.68. The third-order valence-electron chi connectivity index (χ3n) is 3.90. The fourth-order valence-electron chi connectivity index (χ4n) is 2.45. The molecule has 0 bridgehead atoms. The number of hydrogen-bond donors (Lipinski definition) is 0. The summed E-state index contributed by atoms with van der Waals surface area (Å²) in [6.45, 7) is 0. The topological polar surface area (TPSA) is 32.8 Å². The van der Waals surface area contributed by atoms with Crippen LogP contribution >= 0.6 is 34.5 Å². The number of halogens is 2. The van der Waals surface area contributed by atoms with Gasteiger partial charge in [0.25, 0.3) is 5.91 Å². The average Bonchev–Trinajstić information content (AvgIpc) is 3.01. The number of carbonyl (C=O) groups is 1. The van der Waals surface area contributed by atoms with Gasteiger partial charge in [-0.2, -0.15) is 0 Å². The predicted molar refractivity (Wildman–Crippen MR) is 105 cm³/mol. The molecule has 1 aromatic heterocycles. The Morgan fingerprint density at radius 1 is 1.04 bits per heavy atom. The zero-order valence-corrected chi connectivity index (χ0v) is 16.2. The summed E-state index contributed by atoms with van der Waals surface area (Å²) in [7, 11) is 5.12. The van der Waals surface area contributed by atoms with Crippen LogP contribution in [0.1, 0.15) is 9.67 Å². The second kappa shape index (κ2) is 7.12. The van der Waals surface area contributed by atoms with Gasteiger partial charge in [0.2, 0.25) is 0 Å². The van der Waals surface area contributed by atoms with E-state index in [1.54, 1.807) is 44.4 Å². The van der Waals surface area contributed by atoms with E-state index in [9.17, 15) is 4.79 Å². The van der Waals surface area contributed by atoms with E-state index in [0.29, 0.717) is 14.9 Å². The Kier molecular flexibility index (Phi) is 5.08. The summed E-state index contributed by atoms with van der Waals surface area (Å²) >= 11 is 13.6. The number of benzene rings is 2. The van der Waals surface area contributed by atoms with Crippen LogP contribution in [0.4, 0.5) is 5.69 Å². The van der Waals surface area contributed by atoms with Crippen molar-refractivity contribution >= 4 is 56.2 Å². The summed E-state index contributed by atoms with van der Waals surface area (Å²) in [6.07, 6.45) is 0. The summed E-state index contributed by atoms with van der Waals surface area (Å²) in [5.74, 6) is 0.655. The first-order valence-corrected chi connectivity index (χ1v) is 9.01. The summed E-state index contributed by atoms with van der Waals surface area (Å²) in [5, 5.41) is 5.26. The van der Waals surface area contributed by atoms with Gasteiger partial charge in [0.15, 0.2) is 0 Å². The van der Waals surface area contributed by atoms with Gasteiger partial charge in [0.05, 0.1) is 17.7 Å². The molecule has 0 aliphatic rings. The molecule has 130 valence electrons. The standard InChI is InChI=1S/C18H16Cl2N2O2S/c1-21(14-9-12(19)8-13(20)10-14)22(2)18(23)17-7-11-6-15(24-3)4-5-16(11)25-17/h4-10H,1-3H3. The second-order valence-electron chi connectivity index (χ2n) is 5.49. The monoisotopic (exact) mass is 394 g/mol. The normalized spacial score (nSPS) is 10.8. The van der Waals surface area contributed by atoms with Crippen molar-refractivity contribution in [1.82, 2.24) is 5.01 Å². The number of ether oxygens (including phenoxy) is 1. The number of fused-ring (bicyclic) bond motifs is 1. The molecule has 2 aromatic carbocycles. The van der Waals surface area contributed by atoms with Gasteiger partial charge in [-0.25, -0.2) is 0 Å². The number of hydrazine groups is 1. The molecular formula is C18H16Cl2N2O2S. The smallest absolute Gasteiger partial charge is 0.282 e. The number of methoxy groups -OCH3 is 1. The minimum atomic E-state index is -0.112. The number of thiophene rings is 1. The lowest BCUT2D eigenvalue weighted by Crippen LogP contribution is -2.41. The molecule has 0 aliphatic carbocycles. The molecule has 0 radical (unpaired) electrons. The number of anilines is 1. The largest absolute Gasteiger partial charge is 0.497 e. The molecule has 0 saturated heterocycles. The van der Waals surface area contributed by atoms with E-state index in [1.807, 2.05) is 24.3 Å². The Morgan fingerprint density at radius 2 is 1.72 bits per heavy atom. The van der Waals surface area contributed by atoms with Gasteiger partial charge in [-0.15, -0.1) is 11.3 Å². The number of hydrogen-bond acceptors (Lipinski definition) is 4. The first-order valence-electron chi connectivity index (χ1n) is 7.44. The molecule has 0 fully saturated rings. The lowest BCUT2D eigenvalue weighted by atomic mass is 10.2. The van der Waals surface area contributed by atoms with E-state index in [4.69, 9.17) is 27.9 Å². The van der Waals surface area contributed by atoms with Gasteiger partial charge >= 0.3 is 0 Å². The Morgan fingerprint density at radius 3 is 2.36 bits per heavy atom. The maximum absolute atomic E-state index is 12.9.